The van der Waals surface area contributed by atoms with Gasteiger partial charge in [-0.05, 0) is 6.92 Å². The Balaban J connectivity index is 0.000000720. The molecule has 1 aromatic carbocycles. The van der Waals surface area contributed by atoms with Gasteiger partial charge in [0.1, 0.15) is 0 Å². The van der Waals surface area contributed by atoms with Crippen molar-refractivity contribution in [2.75, 3.05) is 0 Å². The molecule has 0 saturated carbocycles. The van der Waals surface area contributed by atoms with Crippen LogP contribution in [-0.2, 0) is 65.4 Å². The van der Waals surface area contributed by atoms with Gasteiger partial charge >= 0.3 is 0 Å². The fourth-order valence-electron chi connectivity index (χ4n) is 1.06. The van der Waals surface area contributed by atoms with E-state index in [9.17, 15) is 0 Å². The van der Waals surface area contributed by atoms with Crippen molar-refractivity contribution in [2.45, 2.75) is 6.92 Å². The molecule has 60 valence electrons. The van der Waals surface area contributed by atoms with Gasteiger partial charge in [0.2, 0.25) is 0 Å². The van der Waals surface area contributed by atoms with Crippen molar-refractivity contribution >= 4 is 10.9 Å². The van der Waals surface area contributed by atoms with E-state index < -0.39 is 0 Å². The Kier molecular flexibility index (Phi) is 6.75. The van der Waals surface area contributed by atoms with E-state index in [0.29, 0.717) is 0 Å². The van der Waals surface area contributed by atoms with Crippen molar-refractivity contribution in [3.05, 3.63) is 42.1 Å². The first-order valence-electron chi connectivity index (χ1n) is 3.50. The first-order valence-corrected chi connectivity index (χ1v) is 3.50. The Morgan fingerprint density at radius 3 is 2.85 bits per heavy atom. The molecule has 0 aliphatic carbocycles. The molecule has 0 fully saturated rings. The zero-order chi connectivity index (χ0) is 7.68. The van der Waals surface area contributed by atoms with Crippen molar-refractivity contribution in [3.8, 4) is 0 Å². The summed E-state index contributed by atoms with van der Waals surface area (Å²) >= 11 is 0. The number of fused-ring (bicyclic) bond motifs is 1. The molecule has 2 aromatic rings. The number of nitrogens with zero attached hydrogens (tertiary/aromatic N) is 1. The minimum absolute atomic E-state index is 0. The predicted molar refractivity (Wildman–Crippen MR) is 44.2 cm³/mol. The second-order valence-corrected chi connectivity index (χ2v) is 2.55. The van der Waals surface area contributed by atoms with Crippen molar-refractivity contribution in [1.29, 1.82) is 0 Å². The number of benzene rings is 1. The minimum Gasteiger partial charge on any atom is -0.358 e. The van der Waals surface area contributed by atoms with E-state index in [2.05, 4.69) is 23.2 Å². The van der Waals surface area contributed by atoms with Crippen LogP contribution in [0.15, 0.2) is 24.4 Å². The van der Waals surface area contributed by atoms with Gasteiger partial charge in [0.05, 0.1) is 0 Å². The van der Waals surface area contributed by atoms with Crippen LogP contribution in [0.2, 0.25) is 0 Å². The number of pyridine rings is 1. The molecule has 0 aliphatic rings. The third-order valence-corrected chi connectivity index (χ3v) is 1.58. The van der Waals surface area contributed by atoms with Gasteiger partial charge in [-0.3, -0.25) is 6.07 Å². The van der Waals surface area contributed by atoms with Crippen LogP contribution in [0.4, 0.5) is 0 Å². The van der Waals surface area contributed by atoms with Crippen LogP contribution in [0, 0.1) is 19.1 Å². The quantitative estimate of drug-likeness (QED) is 0.678. The molecule has 0 N–H and O–H groups in total. The molecule has 0 amide bonds. The summed E-state index contributed by atoms with van der Waals surface area (Å²) < 4.78 is 0. The Bertz CT molecular complexity index is 387. The van der Waals surface area contributed by atoms with Crippen molar-refractivity contribution in [3.63, 3.8) is 0 Å². The Labute approximate surface area is 128 Å². The number of hydrogen-bond acceptors (Lipinski definition) is 1. The summed E-state index contributed by atoms with van der Waals surface area (Å²) in [4.78, 5) is 4.21. The van der Waals surface area contributed by atoms with Gasteiger partial charge in [0, 0.05) is 71.6 Å². The maximum atomic E-state index is 4.21. The van der Waals surface area contributed by atoms with Crippen LogP contribution in [-0.4, -0.2) is 4.98 Å². The zero-order valence-corrected chi connectivity index (χ0v) is 13.1. The molecule has 13 heavy (non-hydrogen) atoms. The second-order valence-electron chi connectivity index (χ2n) is 2.55. The standard InChI is InChI=1S/C10H7N.2Y/c1-8-6-9-4-2-3-5-10(9)11-7-8;;/h3-4,6-7H,1H3;;/q-2;;. The zero-order valence-electron chi connectivity index (χ0n) is 7.41. The van der Waals surface area contributed by atoms with E-state index in [1.165, 1.54) is 5.56 Å². The Morgan fingerprint density at radius 2 is 2.08 bits per heavy atom. The first kappa shape index (κ1) is 13.8. The molecule has 0 bridgehead atoms. The summed E-state index contributed by atoms with van der Waals surface area (Å²) in [5.41, 5.74) is 2.08. The van der Waals surface area contributed by atoms with Crippen molar-refractivity contribution < 1.29 is 65.4 Å². The topological polar surface area (TPSA) is 12.9 Å². The molecule has 0 aliphatic heterocycles. The summed E-state index contributed by atoms with van der Waals surface area (Å²) in [6.07, 6.45) is 1.85. The van der Waals surface area contributed by atoms with Gasteiger partial charge in [-0.2, -0.15) is 11.6 Å². The van der Waals surface area contributed by atoms with Crippen LogP contribution >= 0.6 is 0 Å². The van der Waals surface area contributed by atoms with Crippen LogP contribution < -0.4 is 0 Å². The molecule has 0 saturated heterocycles. The molecule has 1 heterocycles. The maximum Gasteiger partial charge on any atom is 0.0236 e. The van der Waals surface area contributed by atoms with Crippen LogP contribution in [0.1, 0.15) is 5.56 Å². The van der Waals surface area contributed by atoms with Gasteiger partial charge in [-0.1, -0.05) is 5.56 Å². The first-order chi connectivity index (χ1) is 5.36. The normalized spacial score (nSPS) is 8.69. The monoisotopic (exact) mass is 319 g/mol. The SMILES string of the molecule is Cc1cnc2[c-]c[c-]cc2c1.[Y].[Y]. The van der Waals surface area contributed by atoms with Crippen LogP contribution in [0.5, 0.6) is 0 Å². The third kappa shape index (κ3) is 3.47. The summed E-state index contributed by atoms with van der Waals surface area (Å²) in [6, 6.07) is 11.7. The summed E-state index contributed by atoms with van der Waals surface area (Å²) in [6.45, 7) is 2.03. The number of hydrogen-bond donors (Lipinski definition) is 0. The van der Waals surface area contributed by atoms with Crippen molar-refractivity contribution in [1.82, 2.24) is 4.98 Å². The van der Waals surface area contributed by atoms with E-state index in [4.69, 9.17) is 0 Å². The largest absolute Gasteiger partial charge is 0.358 e. The summed E-state index contributed by atoms with van der Waals surface area (Å²) in [5, 5.41) is 1.10. The van der Waals surface area contributed by atoms with Gasteiger partial charge in [0.25, 0.3) is 0 Å². The molecule has 0 spiro atoms. The number of rotatable bonds is 0. The van der Waals surface area contributed by atoms with E-state index in [1.807, 2.05) is 19.2 Å². The fraction of sp³-hybridized carbons (Fsp3) is 0.100. The molecular weight excluding hydrogens is 312 g/mol. The van der Waals surface area contributed by atoms with Crippen LogP contribution in [0.3, 0.4) is 0 Å². The van der Waals surface area contributed by atoms with E-state index in [1.54, 1.807) is 6.07 Å². The summed E-state index contributed by atoms with van der Waals surface area (Å²) in [5.74, 6) is 0. The number of aryl methyl sites for hydroxylation is 1. The Morgan fingerprint density at radius 1 is 1.31 bits per heavy atom. The smallest absolute Gasteiger partial charge is 0.0236 e. The summed E-state index contributed by atoms with van der Waals surface area (Å²) in [7, 11) is 0. The maximum absolute atomic E-state index is 4.21. The van der Waals surface area contributed by atoms with Gasteiger partial charge in [-0.15, -0.1) is 0 Å². The second kappa shape index (κ2) is 6.35. The number of aromatic nitrogens is 1. The molecule has 2 radical (unpaired) electrons. The van der Waals surface area contributed by atoms with Gasteiger partial charge in [-0.25, -0.2) is 5.39 Å². The predicted octanol–water partition coefficient (Wildman–Crippen LogP) is 2.14. The van der Waals surface area contributed by atoms with E-state index in [0.717, 1.165) is 10.9 Å². The van der Waals surface area contributed by atoms with E-state index in [-0.39, 0.29) is 65.4 Å². The minimum atomic E-state index is 0. The molecule has 0 atom stereocenters. The fourth-order valence-corrected chi connectivity index (χ4v) is 1.06. The Hall–Kier alpha value is 0.838. The third-order valence-electron chi connectivity index (χ3n) is 1.58. The average molecular weight is 319 g/mol. The molecular formula is C10H7NY2-2. The van der Waals surface area contributed by atoms with Crippen molar-refractivity contribution in [2.24, 2.45) is 0 Å². The average Bonchev–Trinajstić information content (AvgIpc) is 2.04. The van der Waals surface area contributed by atoms with Gasteiger partial charge < -0.3 is 23.2 Å². The molecule has 0 unspecified atom stereocenters. The molecule has 3 heteroatoms. The molecule has 2 rings (SSSR count). The van der Waals surface area contributed by atoms with E-state index >= 15 is 0 Å². The van der Waals surface area contributed by atoms with Gasteiger partial charge in [0.15, 0.2) is 0 Å². The van der Waals surface area contributed by atoms with Crippen LogP contribution in [0.25, 0.3) is 10.9 Å². The molecule has 1 aromatic heterocycles. The molecule has 1 nitrogen and oxygen atoms in total.